The zero-order valence-corrected chi connectivity index (χ0v) is 13.2. The Morgan fingerprint density at radius 3 is 2.57 bits per heavy atom. The molecule has 5 nitrogen and oxygen atoms in total. The summed E-state index contributed by atoms with van der Waals surface area (Å²) in [4.78, 5) is 22.8. The number of nitrogens with one attached hydrogen (secondary N) is 1. The third-order valence-electron chi connectivity index (χ3n) is 3.90. The van der Waals surface area contributed by atoms with Crippen molar-refractivity contribution >= 4 is 23.6 Å². The van der Waals surface area contributed by atoms with E-state index < -0.39 is 0 Å². The largest absolute Gasteiger partial charge is 0.341 e. The number of nitrogens with zero attached hydrogens (tertiary/aromatic N) is 3. The van der Waals surface area contributed by atoms with Gasteiger partial charge in [0.05, 0.1) is 18.1 Å². The first-order valence-corrected chi connectivity index (χ1v) is 7.84. The van der Waals surface area contributed by atoms with E-state index in [4.69, 9.17) is 0 Å². The number of amides is 1. The molecule has 2 aromatic rings. The van der Waals surface area contributed by atoms with Gasteiger partial charge in [-0.05, 0) is 37.0 Å². The first-order chi connectivity index (χ1) is 11.2. The predicted octanol–water partition coefficient (Wildman–Crippen LogP) is 3.04. The molecule has 0 saturated carbocycles. The monoisotopic (exact) mass is 308 g/mol. The number of carbonyl (C=O) groups is 1. The summed E-state index contributed by atoms with van der Waals surface area (Å²) in [5, 5.41) is 2.78. The maximum absolute atomic E-state index is 12.0. The first-order valence-electron chi connectivity index (χ1n) is 7.84. The van der Waals surface area contributed by atoms with Crippen molar-refractivity contribution < 1.29 is 4.79 Å². The Bertz CT molecular complexity index is 703. The molecule has 2 heterocycles. The number of hydrogen-bond donors (Lipinski definition) is 1. The van der Waals surface area contributed by atoms with Crippen LogP contribution in [0.3, 0.4) is 0 Å². The highest BCUT2D eigenvalue weighted by atomic mass is 16.1. The maximum Gasteiger partial charge on any atom is 0.248 e. The average Bonchev–Trinajstić information content (AvgIpc) is 3.09. The summed E-state index contributed by atoms with van der Waals surface area (Å²) in [6.45, 7) is 4.03. The van der Waals surface area contributed by atoms with E-state index in [0.29, 0.717) is 5.69 Å². The highest BCUT2D eigenvalue weighted by molar-refractivity contribution is 6.01. The highest BCUT2D eigenvalue weighted by Crippen LogP contribution is 2.16. The summed E-state index contributed by atoms with van der Waals surface area (Å²) in [7, 11) is 0. The summed E-state index contributed by atoms with van der Waals surface area (Å²) < 4.78 is 0. The van der Waals surface area contributed by atoms with Crippen LogP contribution in [0.15, 0.2) is 42.7 Å². The summed E-state index contributed by atoms with van der Waals surface area (Å²) in [5.74, 6) is 0.543. The average molecular weight is 308 g/mol. The lowest BCUT2D eigenvalue weighted by Gasteiger charge is -2.14. The fourth-order valence-electron chi connectivity index (χ4n) is 2.59. The lowest BCUT2D eigenvalue weighted by molar-refractivity contribution is -0.111. The SMILES string of the molecule is Cc1ccccc1/C=C/C(=O)Nc1cnc(N2CCCC2)nc1. The van der Waals surface area contributed by atoms with Gasteiger partial charge in [0, 0.05) is 19.2 Å². The van der Waals surface area contributed by atoms with E-state index >= 15 is 0 Å². The molecule has 1 aromatic carbocycles. The summed E-state index contributed by atoms with van der Waals surface area (Å²) in [6.07, 6.45) is 9.01. The van der Waals surface area contributed by atoms with Gasteiger partial charge in [-0.3, -0.25) is 4.79 Å². The summed E-state index contributed by atoms with van der Waals surface area (Å²) in [6, 6.07) is 7.93. The number of carbonyl (C=O) groups excluding carboxylic acids is 1. The normalized spacial score (nSPS) is 14.4. The van der Waals surface area contributed by atoms with Gasteiger partial charge in [0.15, 0.2) is 0 Å². The van der Waals surface area contributed by atoms with Crippen LogP contribution in [0, 0.1) is 6.92 Å². The number of aryl methyl sites for hydroxylation is 1. The highest BCUT2D eigenvalue weighted by Gasteiger charge is 2.14. The van der Waals surface area contributed by atoms with Crippen molar-refractivity contribution in [3.8, 4) is 0 Å². The van der Waals surface area contributed by atoms with Gasteiger partial charge >= 0.3 is 0 Å². The van der Waals surface area contributed by atoms with Crippen LogP contribution in [0.2, 0.25) is 0 Å². The smallest absolute Gasteiger partial charge is 0.248 e. The summed E-state index contributed by atoms with van der Waals surface area (Å²) >= 11 is 0. The number of anilines is 2. The molecule has 1 fully saturated rings. The third-order valence-corrected chi connectivity index (χ3v) is 3.90. The number of benzene rings is 1. The van der Waals surface area contributed by atoms with Crippen LogP contribution in [-0.4, -0.2) is 29.0 Å². The molecule has 5 heteroatoms. The topological polar surface area (TPSA) is 58.1 Å². The minimum atomic E-state index is -0.189. The van der Waals surface area contributed by atoms with Gasteiger partial charge in [-0.1, -0.05) is 24.3 Å². The fraction of sp³-hybridized carbons (Fsp3) is 0.278. The van der Waals surface area contributed by atoms with Crippen molar-refractivity contribution in [2.75, 3.05) is 23.3 Å². The molecule has 0 atom stereocenters. The Morgan fingerprint density at radius 2 is 1.87 bits per heavy atom. The van der Waals surface area contributed by atoms with Crippen molar-refractivity contribution in [1.82, 2.24) is 9.97 Å². The van der Waals surface area contributed by atoms with E-state index in [0.717, 1.165) is 30.2 Å². The van der Waals surface area contributed by atoms with Crippen molar-refractivity contribution in [2.45, 2.75) is 19.8 Å². The van der Waals surface area contributed by atoms with Gasteiger partial charge in [0.25, 0.3) is 0 Å². The zero-order chi connectivity index (χ0) is 16.1. The molecule has 0 aliphatic carbocycles. The Labute approximate surface area is 136 Å². The zero-order valence-electron chi connectivity index (χ0n) is 13.2. The van der Waals surface area contributed by atoms with Crippen LogP contribution in [0.4, 0.5) is 11.6 Å². The lowest BCUT2D eigenvalue weighted by Crippen LogP contribution is -2.20. The van der Waals surface area contributed by atoms with Gasteiger partial charge in [0.2, 0.25) is 11.9 Å². The van der Waals surface area contributed by atoms with Crippen LogP contribution in [0.1, 0.15) is 24.0 Å². The Morgan fingerprint density at radius 1 is 1.17 bits per heavy atom. The minimum absolute atomic E-state index is 0.189. The Kier molecular flexibility index (Phi) is 4.66. The molecule has 118 valence electrons. The standard InChI is InChI=1S/C18H20N4O/c1-14-6-2-3-7-15(14)8-9-17(23)21-16-12-19-18(20-13-16)22-10-4-5-11-22/h2-3,6-9,12-13H,4-5,10-11H2,1H3,(H,21,23)/b9-8+. The van der Waals surface area contributed by atoms with E-state index in [-0.39, 0.29) is 5.91 Å². The molecular weight excluding hydrogens is 288 g/mol. The second-order valence-electron chi connectivity index (χ2n) is 5.65. The van der Waals surface area contributed by atoms with E-state index in [1.807, 2.05) is 37.3 Å². The summed E-state index contributed by atoms with van der Waals surface area (Å²) in [5.41, 5.74) is 2.77. The maximum atomic E-state index is 12.0. The van der Waals surface area contributed by atoms with Crippen LogP contribution < -0.4 is 10.2 Å². The molecule has 1 aliphatic heterocycles. The number of aromatic nitrogens is 2. The third kappa shape index (κ3) is 3.94. The molecule has 1 amide bonds. The van der Waals surface area contributed by atoms with E-state index in [9.17, 15) is 4.79 Å². The number of hydrogen-bond acceptors (Lipinski definition) is 4. The van der Waals surface area contributed by atoms with Gasteiger partial charge in [-0.2, -0.15) is 0 Å². The van der Waals surface area contributed by atoms with E-state index in [2.05, 4.69) is 20.2 Å². The van der Waals surface area contributed by atoms with Gasteiger partial charge in [0.1, 0.15) is 0 Å². The fourth-order valence-corrected chi connectivity index (χ4v) is 2.59. The van der Waals surface area contributed by atoms with Crippen molar-refractivity contribution in [2.24, 2.45) is 0 Å². The van der Waals surface area contributed by atoms with Crippen LogP contribution in [0.25, 0.3) is 6.08 Å². The van der Waals surface area contributed by atoms with Crippen molar-refractivity contribution in [3.63, 3.8) is 0 Å². The molecular formula is C18H20N4O. The van der Waals surface area contributed by atoms with E-state index in [1.165, 1.54) is 18.9 Å². The molecule has 0 unspecified atom stereocenters. The predicted molar refractivity (Wildman–Crippen MR) is 92.3 cm³/mol. The molecule has 0 bridgehead atoms. The molecule has 0 spiro atoms. The molecule has 1 N–H and O–H groups in total. The van der Waals surface area contributed by atoms with Gasteiger partial charge in [-0.25, -0.2) is 9.97 Å². The van der Waals surface area contributed by atoms with Gasteiger partial charge in [-0.15, -0.1) is 0 Å². The van der Waals surface area contributed by atoms with Crippen LogP contribution >= 0.6 is 0 Å². The molecule has 0 radical (unpaired) electrons. The second kappa shape index (κ2) is 7.05. The van der Waals surface area contributed by atoms with Crippen LogP contribution in [0.5, 0.6) is 0 Å². The lowest BCUT2D eigenvalue weighted by atomic mass is 10.1. The Balaban J connectivity index is 1.60. The molecule has 3 rings (SSSR count). The second-order valence-corrected chi connectivity index (χ2v) is 5.65. The Hall–Kier alpha value is -2.69. The first kappa shape index (κ1) is 15.2. The number of rotatable bonds is 4. The minimum Gasteiger partial charge on any atom is -0.341 e. The molecule has 1 saturated heterocycles. The molecule has 1 aromatic heterocycles. The van der Waals surface area contributed by atoms with Crippen molar-refractivity contribution in [1.29, 1.82) is 0 Å². The van der Waals surface area contributed by atoms with Crippen LogP contribution in [-0.2, 0) is 4.79 Å². The van der Waals surface area contributed by atoms with E-state index in [1.54, 1.807) is 12.4 Å². The molecule has 1 aliphatic rings. The van der Waals surface area contributed by atoms with Crippen molar-refractivity contribution in [3.05, 3.63) is 53.9 Å². The molecule has 23 heavy (non-hydrogen) atoms. The van der Waals surface area contributed by atoms with Gasteiger partial charge < -0.3 is 10.2 Å². The quantitative estimate of drug-likeness (QED) is 0.882.